The van der Waals surface area contributed by atoms with Gasteiger partial charge in [0.1, 0.15) is 54.9 Å². The second-order valence-electron chi connectivity index (χ2n) is 21.7. The maximum absolute atomic E-state index is 12.7. The average molecular weight is 973 g/mol. The second kappa shape index (κ2) is 20.8. The van der Waals surface area contributed by atoms with Crippen LogP contribution in [-0.2, 0) is 56.9 Å². The molecule has 19 nitrogen and oxygen atoms in total. The molecule has 0 spiro atoms. The molecule has 19 heteroatoms. The van der Waals surface area contributed by atoms with Crippen molar-refractivity contribution in [2.24, 2.45) is 34.5 Å². The van der Waals surface area contributed by atoms with Gasteiger partial charge in [-0.15, -0.1) is 0 Å². The molecule has 390 valence electrons. The van der Waals surface area contributed by atoms with Crippen molar-refractivity contribution in [2.45, 2.75) is 235 Å². The van der Waals surface area contributed by atoms with Crippen LogP contribution in [0.25, 0.3) is 0 Å². The first-order chi connectivity index (χ1) is 32.2. The number of hydrogen-bond acceptors (Lipinski definition) is 19. The summed E-state index contributed by atoms with van der Waals surface area (Å²) in [5, 5.41) is 76.1. The van der Waals surface area contributed by atoms with E-state index in [9.17, 15) is 40.5 Å². The molecule has 4 heterocycles. The molecule has 8 rings (SSSR count). The van der Waals surface area contributed by atoms with Gasteiger partial charge in [0.2, 0.25) is 0 Å². The van der Waals surface area contributed by atoms with E-state index in [4.69, 9.17) is 52.1 Å². The SMILES string of the molecule is COC1CC(OC2C(C)OC(OC3CCC4(C)C(C=CC5C4CCC4(C)C5CCC4(O)C(C)OC4CC(O)C(OC5OC(CO)C(O)C(O)C5O)C(C)O4)C3)C(O)C2OC)OC(C)C1OC(C)=O. The standard InChI is InChI=1S/C49H80O19/c1-22-41(68-45-39(55)38(54)37(53)34(21-50)66-45)32(52)19-35(60-22)63-25(4)49(57)17-14-31-29-11-10-27-18-28(12-15-47(27,6)30(29)13-16-48(31,49)7)65-46-40(56)44(59-9)43(24(3)62-46)67-36-20-33(58-8)42(23(2)61-36)64-26(5)51/h10-11,22-25,27-46,50,52-57H,12-21H2,1-9H3. The summed E-state index contributed by atoms with van der Waals surface area (Å²) in [6.45, 7) is 12.6. The molecule has 7 fully saturated rings. The van der Waals surface area contributed by atoms with Crippen LogP contribution in [0.4, 0.5) is 0 Å². The van der Waals surface area contributed by atoms with Crippen LogP contribution in [0.5, 0.6) is 0 Å². The number of rotatable bonds is 13. The Bertz CT molecular complexity index is 1730. The van der Waals surface area contributed by atoms with Crippen molar-refractivity contribution < 1.29 is 92.6 Å². The summed E-state index contributed by atoms with van der Waals surface area (Å²) in [5.74, 6) is 0.735. The molecule has 4 aliphatic carbocycles. The molecule has 27 unspecified atom stereocenters. The molecule has 3 saturated carbocycles. The molecular weight excluding hydrogens is 893 g/mol. The highest BCUT2D eigenvalue weighted by atomic mass is 16.8. The van der Waals surface area contributed by atoms with Crippen molar-refractivity contribution >= 4 is 5.97 Å². The van der Waals surface area contributed by atoms with Crippen molar-refractivity contribution in [1.82, 2.24) is 0 Å². The van der Waals surface area contributed by atoms with Crippen molar-refractivity contribution in [2.75, 3.05) is 20.8 Å². The maximum Gasteiger partial charge on any atom is 0.303 e. The summed E-state index contributed by atoms with van der Waals surface area (Å²) in [5.41, 5.74) is -1.59. The number of hydrogen-bond donors (Lipinski definition) is 7. The molecule has 27 atom stereocenters. The number of ether oxygens (including phenoxy) is 11. The van der Waals surface area contributed by atoms with E-state index in [0.29, 0.717) is 18.8 Å². The summed E-state index contributed by atoms with van der Waals surface area (Å²) < 4.78 is 66.5. The fourth-order valence-electron chi connectivity index (χ4n) is 14.0. The Kier molecular flexibility index (Phi) is 16.2. The molecule has 7 N–H and O–H groups in total. The minimum Gasteiger partial charge on any atom is -0.457 e. The molecular formula is C49H80O19. The second-order valence-corrected chi connectivity index (χ2v) is 21.7. The van der Waals surface area contributed by atoms with Gasteiger partial charge < -0.3 is 87.9 Å². The number of carbonyl (C=O) groups is 1. The van der Waals surface area contributed by atoms with E-state index in [1.54, 1.807) is 21.0 Å². The lowest BCUT2D eigenvalue weighted by atomic mass is 9.46. The third-order valence-electron chi connectivity index (χ3n) is 18.0. The Labute approximate surface area is 399 Å². The first-order valence-corrected chi connectivity index (χ1v) is 25.1. The molecule has 0 radical (unpaired) electrons. The van der Waals surface area contributed by atoms with Crippen LogP contribution >= 0.6 is 0 Å². The topological polar surface area (TPSA) is 260 Å². The summed E-state index contributed by atoms with van der Waals surface area (Å²) in [7, 11) is 3.09. The molecule has 0 aromatic heterocycles. The van der Waals surface area contributed by atoms with E-state index < -0.39 is 140 Å². The molecule has 4 aliphatic heterocycles. The summed E-state index contributed by atoms with van der Waals surface area (Å²) in [4.78, 5) is 11.7. The van der Waals surface area contributed by atoms with E-state index in [2.05, 4.69) is 26.0 Å². The minimum absolute atomic E-state index is 0.0128. The first-order valence-electron chi connectivity index (χ1n) is 25.1. The van der Waals surface area contributed by atoms with Gasteiger partial charge in [-0.3, -0.25) is 4.79 Å². The van der Waals surface area contributed by atoms with Crippen LogP contribution < -0.4 is 0 Å². The van der Waals surface area contributed by atoms with E-state index in [1.807, 2.05) is 13.8 Å². The smallest absolute Gasteiger partial charge is 0.303 e. The number of carbonyl (C=O) groups excluding carboxylic acids is 1. The zero-order valence-corrected chi connectivity index (χ0v) is 41.1. The van der Waals surface area contributed by atoms with E-state index in [1.165, 1.54) is 14.0 Å². The lowest BCUT2D eigenvalue weighted by Crippen LogP contribution is -2.62. The van der Waals surface area contributed by atoms with Crippen LogP contribution in [0.15, 0.2) is 12.2 Å². The fourth-order valence-corrected chi connectivity index (χ4v) is 14.0. The molecule has 0 amide bonds. The van der Waals surface area contributed by atoms with Gasteiger partial charge >= 0.3 is 5.97 Å². The molecule has 0 bridgehead atoms. The summed E-state index contributed by atoms with van der Waals surface area (Å²) in [6, 6.07) is 0. The minimum atomic E-state index is -1.62. The fraction of sp³-hybridized carbons (Fsp3) is 0.939. The number of aliphatic hydroxyl groups excluding tert-OH is 6. The molecule has 8 aliphatic rings. The van der Waals surface area contributed by atoms with Crippen molar-refractivity contribution in [3.63, 3.8) is 0 Å². The monoisotopic (exact) mass is 973 g/mol. The van der Waals surface area contributed by atoms with Gasteiger partial charge in [-0.2, -0.15) is 0 Å². The predicted molar refractivity (Wildman–Crippen MR) is 237 cm³/mol. The van der Waals surface area contributed by atoms with Crippen LogP contribution in [0, 0.1) is 34.5 Å². The van der Waals surface area contributed by atoms with Crippen LogP contribution in [-0.4, -0.2) is 191 Å². The van der Waals surface area contributed by atoms with Crippen LogP contribution in [0.1, 0.15) is 106 Å². The average Bonchev–Trinajstić information content (AvgIpc) is 3.58. The number of aliphatic hydroxyl groups is 7. The highest BCUT2D eigenvalue weighted by Crippen LogP contribution is 2.67. The Morgan fingerprint density at radius 2 is 1.38 bits per heavy atom. The largest absolute Gasteiger partial charge is 0.457 e. The van der Waals surface area contributed by atoms with Gasteiger partial charge in [0, 0.05) is 39.4 Å². The van der Waals surface area contributed by atoms with Gasteiger partial charge in [-0.05, 0) is 102 Å². The zero-order valence-electron chi connectivity index (χ0n) is 41.1. The van der Waals surface area contributed by atoms with E-state index in [0.717, 1.165) is 38.5 Å². The summed E-state index contributed by atoms with van der Waals surface area (Å²) >= 11 is 0. The van der Waals surface area contributed by atoms with Gasteiger partial charge in [0.25, 0.3) is 0 Å². The van der Waals surface area contributed by atoms with Crippen molar-refractivity contribution in [3.8, 4) is 0 Å². The molecule has 0 aromatic rings. The Hall–Kier alpha value is -1.47. The highest BCUT2D eigenvalue weighted by molar-refractivity contribution is 5.66. The van der Waals surface area contributed by atoms with Crippen LogP contribution in [0.3, 0.4) is 0 Å². The Morgan fingerprint density at radius 1 is 0.706 bits per heavy atom. The van der Waals surface area contributed by atoms with Crippen molar-refractivity contribution in [1.29, 1.82) is 0 Å². The molecule has 4 saturated heterocycles. The Morgan fingerprint density at radius 3 is 2.06 bits per heavy atom. The maximum atomic E-state index is 12.7. The summed E-state index contributed by atoms with van der Waals surface area (Å²) in [6.07, 6.45) is -7.28. The van der Waals surface area contributed by atoms with E-state index in [-0.39, 0.29) is 35.7 Å². The lowest BCUT2D eigenvalue weighted by molar-refractivity contribution is -0.347. The third kappa shape index (κ3) is 9.62. The van der Waals surface area contributed by atoms with Gasteiger partial charge in [0.15, 0.2) is 31.3 Å². The normalized spacial score (nSPS) is 53.2. The number of methoxy groups -OCH3 is 2. The predicted octanol–water partition coefficient (Wildman–Crippen LogP) is 1.59. The zero-order chi connectivity index (χ0) is 49.2. The Balaban J connectivity index is 0.857. The number of allylic oxidation sites excluding steroid dienone is 2. The van der Waals surface area contributed by atoms with Gasteiger partial charge in [0.05, 0.1) is 48.8 Å². The third-order valence-corrected chi connectivity index (χ3v) is 18.0. The van der Waals surface area contributed by atoms with Gasteiger partial charge in [-0.1, -0.05) is 26.0 Å². The lowest BCUT2D eigenvalue weighted by Gasteiger charge is -2.60. The first kappa shape index (κ1) is 52.8. The number of fused-ring (bicyclic) bond motifs is 5. The number of esters is 1. The van der Waals surface area contributed by atoms with Crippen molar-refractivity contribution in [3.05, 3.63) is 12.2 Å². The van der Waals surface area contributed by atoms with Crippen LogP contribution in [0.2, 0.25) is 0 Å². The quantitative estimate of drug-likeness (QED) is 0.102. The molecule has 68 heavy (non-hydrogen) atoms. The van der Waals surface area contributed by atoms with E-state index >= 15 is 0 Å². The van der Waals surface area contributed by atoms with Gasteiger partial charge in [-0.25, -0.2) is 0 Å². The highest BCUT2D eigenvalue weighted by Gasteiger charge is 2.66. The molecule has 0 aromatic carbocycles.